The van der Waals surface area contributed by atoms with E-state index in [1.54, 1.807) is 25.1 Å². The van der Waals surface area contributed by atoms with Gasteiger partial charge in [-0.3, -0.25) is 0 Å². The molecule has 0 aliphatic heterocycles. The molecule has 4 nitrogen and oxygen atoms in total. The molecule has 0 atom stereocenters. The summed E-state index contributed by atoms with van der Waals surface area (Å²) in [7, 11) is -3.48. The summed E-state index contributed by atoms with van der Waals surface area (Å²) in [5, 5.41) is 0.669. The highest BCUT2D eigenvalue weighted by Gasteiger charge is 2.19. The van der Waals surface area contributed by atoms with Gasteiger partial charge in [-0.2, -0.15) is 0 Å². The number of benzene rings is 1. The van der Waals surface area contributed by atoms with Crippen LogP contribution in [0.2, 0.25) is 5.02 Å². The van der Waals surface area contributed by atoms with Crippen molar-refractivity contribution in [1.29, 1.82) is 0 Å². The third kappa shape index (κ3) is 4.28. The molecule has 0 unspecified atom stereocenters. The molecule has 2 rings (SSSR count). The minimum Gasteiger partial charge on any atom is -0.326 e. The molecule has 0 amide bonds. The van der Waals surface area contributed by atoms with Crippen molar-refractivity contribution in [3.8, 4) is 0 Å². The zero-order valence-corrected chi connectivity index (χ0v) is 14.0. The fraction of sp³-hybridized carbons (Fsp3) is 0.286. The number of thiophene rings is 1. The summed E-state index contributed by atoms with van der Waals surface area (Å²) >= 11 is 7.23. The molecule has 0 aliphatic carbocycles. The molecule has 114 valence electrons. The van der Waals surface area contributed by atoms with Crippen LogP contribution in [0.1, 0.15) is 15.3 Å². The molecule has 2 aromatic rings. The third-order valence-corrected chi connectivity index (χ3v) is 6.07. The lowest BCUT2D eigenvalue weighted by atomic mass is 10.2. The fourth-order valence-corrected chi connectivity index (χ4v) is 4.62. The number of halogens is 1. The lowest BCUT2D eigenvalue weighted by Crippen LogP contribution is -2.26. The summed E-state index contributed by atoms with van der Waals surface area (Å²) in [6.07, 6.45) is 0.614. The summed E-state index contributed by atoms with van der Waals surface area (Å²) in [5.41, 5.74) is 6.58. The minimum absolute atomic E-state index is 0.323. The molecule has 0 fully saturated rings. The molecule has 1 aromatic heterocycles. The number of aryl methyl sites for hydroxylation is 1. The van der Waals surface area contributed by atoms with E-state index >= 15 is 0 Å². The van der Waals surface area contributed by atoms with Gasteiger partial charge >= 0.3 is 0 Å². The predicted molar refractivity (Wildman–Crippen MR) is 87.3 cm³/mol. The van der Waals surface area contributed by atoms with Gasteiger partial charge in [0, 0.05) is 27.9 Å². The summed E-state index contributed by atoms with van der Waals surface area (Å²) in [6.45, 7) is 2.49. The second-order valence-electron chi connectivity index (χ2n) is 4.61. The Morgan fingerprint density at radius 2 is 1.95 bits per heavy atom. The van der Waals surface area contributed by atoms with E-state index in [0.29, 0.717) is 29.4 Å². The standard InChI is InChI=1S/C14H17ClN2O2S2/c1-10-14(8-13(9-16)20-10)21(18,19)17-7-6-11-2-4-12(15)5-3-11/h2-5,8,17H,6-7,9,16H2,1H3. The van der Waals surface area contributed by atoms with Crippen molar-refractivity contribution in [2.45, 2.75) is 24.8 Å². The Bertz CT molecular complexity index is 709. The monoisotopic (exact) mass is 344 g/mol. The summed E-state index contributed by atoms with van der Waals surface area (Å²) in [4.78, 5) is 1.95. The van der Waals surface area contributed by atoms with E-state index in [9.17, 15) is 8.42 Å². The summed E-state index contributed by atoms with van der Waals surface area (Å²) in [5.74, 6) is 0. The highest BCUT2D eigenvalue weighted by Crippen LogP contribution is 2.25. The first-order chi connectivity index (χ1) is 9.92. The molecule has 1 heterocycles. The molecule has 1 aromatic carbocycles. The SMILES string of the molecule is Cc1sc(CN)cc1S(=O)(=O)NCCc1ccc(Cl)cc1. The molecular formula is C14H17ClN2O2S2. The third-order valence-electron chi connectivity index (χ3n) is 3.03. The maximum absolute atomic E-state index is 12.3. The Balaban J connectivity index is 2.01. The van der Waals surface area contributed by atoms with Crippen LogP contribution in [-0.2, 0) is 23.0 Å². The molecule has 0 radical (unpaired) electrons. The Hall–Kier alpha value is -0.920. The Kier molecular flexibility index (Phi) is 5.40. The first kappa shape index (κ1) is 16.5. The number of rotatable bonds is 6. The van der Waals surface area contributed by atoms with Gasteiger partial charge in [0.25, 0.3) is 0 Å². The lowest BCUT2D eigenvalue weighted by molar-refractivity contribution is 0.581. The molecule has 3 N–H and O–H groups in total. The van der Waals surface area contributed by atoms with E-state index in [0.717, 1.165) is 15.3 Å². The maximum Gasteiger partial charge on any atom is 0.241 e. The summed E-state index contributed by atoms with van der Waals surface area (Å²) in [6, 6.07) is 9.01. The molecule has 0 bridgehead atoms. The van der Waals surface area contributed by atoms with Crippen LogP contribution in [0.5, 0.6) is 0 Å². The van der Waals surface area contributed by atoms with Crippen LogP contribution in [0.3, 0.4) is 0 Å². The van der Waals surface area contributed by atoms with Gasteiger partial charge in [0.15, 0.2) is 0 Å². The Labute approximate surface area is 134 Å². The minimum atomic E-state index is -3.48. The molecule has 0 saturated carbocycles. The highest BCUT2D eigenvalue weighted by atomic mass is 35.5. The predicted octanol–water partition coefficient (Wildman–Crippen LogP) is 2.69. The fourth-order valence-electron chi connectivity index (χ4n) is 1.95. The molecular weight excluding hydrogens is 328 g/mol. The van der Waals surface area contributed by atoms with Crippen molar-refractivity contribution in [1.82, 2.24) is 4.72 Å². The maximum atomic E-state index is 12.3. The topological polar surface area (TPSA) is 72.2 Å². The van der Waals surface area contributed by atoms with Crippen molar-refractivity contribution >= 4 is 33.0 Å². The van der Waals surface area contributed by atoms with Crippen LogP contribution in [0.25, 0.3) is 0 Å². The van der Waals surface area contributed by atoms with E-state index in [1.807, 2.05) is 12.1 Å². The van der Waals surface area contributed by atoms with Crippen molar-refractivity contribution in [2.75, 3.05) is 6.54 Å². The molecule has 7 heteroatoms. The molecule has 0 spiro atoms. The number of hydrogen-bond donors (Lipinski definition) is 2. The van der Waals surface area contributed by atoms with Gasteiger partial charge in [0.05, 0.1) is 4.90 Å². The van der Waals surface area contributed by atoms with Gasteiger partial charge in [-0.1, -0.05) is 23.7 Å². The van der Waals surface area contributed by atoms with Crippen molar-refractivity contribution in [3.63, 3.8) is 0 Å². The zero-order chi connectivity index (χ0) is 15.5. The quantitative estimate of drug-likeness (QED) is 0.846. The summed E-state index contributed by atoms with van der Waals surface area (Å²) < 4.78 is 27.1. The van der Waals surface area contributed by atoms with Gasteiger partial charge in [-0.25, -0.2) is 13.1 Å². The Morgan fingerprint density at radius 3 is 2.52 bits per heavy atom. The van der Waals surface area contributed by atoms with E-state index in [4.69, 9.17) is 17.3 Å². The molecule has 0 saturated heterocycles. The van der Waals surface area contributed by atoms with Crippen LogP contribution in [0, 0.1) is 6.92 Å². The molecule has 21 heavy (non-hydrogen) atoms. The second-order valence-corrected chi connectivity index (χ2v) is 8.12. The number of sulfonamides is 1. The van der Waals surface area contributed by atoms with Gasteiger partial charge in [-0.05, 0) is 37.1 Å². The second kappa shape index (κ2) is 6.89. The van der Waals surface area contributed by atoms with Crippen molar-refractivity contribution in [3.05, 3.63) is 50.7 Å². The van der Waals surface area contributed by atoms with E-state index in [2.05, 4.69) is 4.72 Å². The number of hydrogen-bond acceptors (Lipinski definition) is 4. The zero-order valence-electron chi connectivity index (χ0n) is 11.6. The van der Waals surface area contributed by atoms with Crippen LogP contribution in [0.15, 0.2) is 35.2 Å². The average Bonchev–Trinajstić information content (AvgIpc) is 2.83. The largest absolute Gasteiger partial charge is 0.326 e. The lowest BCUT2D eigenvalue weighted by Gasteiger charge is -2.06. The Morgan fingerprint density at radius 1 is 1.29 bits per heavy atom. The first-order valence-corrected chi connectivity index (χ1v) is 9.13. The van der Waals surface area contributed by atoms with Gasteiger partial charge < -0.3 is 5.73 Å². The smallest absolute Gasteiger partial charge is 0.241 e. The van der Waals surface area contributed by atoms with E-state index < -0.39 is 10.0 Å². The van der Waals surface area contributed by atoms with Gasteiger partial charge in [0.2, 0.25) is 10.0 Å². The van der Waals surface area contributed by atoms with Crippen molar-refractivity contribution < 1.29 is 8.42 Å². The number of nitrogens with one attached hydrogen (secondary N) is 1. The van der Waals surface area contributed by atoms with Crippen molar-refractivity contribution in [2.24, 2.45) is 5.73 Å². The van der Waals surface area contributed by atoms with E-state index in [1.165, 1.54) is 11.3 Å². The molecule has 0 aliphatic rings. The van der Waals surface area contributed by atoms with Gasteiger partial charge in [0.1, 0.15) is 0 Å². The van der Waals surface area contributed by atoms with E-state index in [-0.39, 0.29) is 0 Å². The van der Waals surface area contributed by atoms with Crippen LogP contribution in [0.4, 0.5) is 0 Å². The highest BCUT2D eigenvalue weighted by molar-refractivity contribution is 7.89. The average molecular weight is 345 g/mol. The number of nitrogens with two attached hydrogens (primary N) is 1. The van der Waals surface area contributed by atoms with Crippen LogP contribution < -0.4 is 10.5 Å². The van der Waals surface area contributed by atoms with Gasteiger partial charge in [-0.15, -0.1) is 11.3 Å². The van der Waals surface area contributed by atoms with Crippen LogP contribution >= 0.6 is 22.9 Å². The first-order valence-electron chi connectivity index (χ1n) is 6.46. The normalized spacial score (nSPS) is 11.8. The van der Waals surface area contributed by atoms with Crippen LogP contribution in [-0.4, -0.2) is 15.0 Å².